The molecule has 4 aromatic carbocycles. The van der Waals surface area contributed by atoms with E-state index in [2.05, 4.69) is 25.6 Å². The number of rotatable bonds is 11. The fraction of sp³-hybridized carbons (Fsp3) is 0.360. The van der Waals surface area contributed by atoms with E-state index < -0.39 is 42.3 Å². The lowest BCUT2D eigenvalue weighted by Crippen LogP contribution is -2.54. The predicted octanol–water partition coefficient (Wildman–Crippen LogP) is 8.31. The van der Waals surface area contributed by atoms with Crippen molar-refractivity contribution in [2.75, 3.05) is 27.9 Å². The minimum atomic E-state index is -3.31. The van der Waals surface area contributed by atoms with Crippen LogP contribution in [-0.4, -0.2) is 99.8 Å². The number of nitrogens with one attached hydrogen (secondary N) is 4. The first-order valence-electron chi connectivity index (χ1n) is 22.5. The molecule has 2 aromatic heterocycles. The van der Waals surface area contributed by atoms with Crippen LogP contribution in [0.3, 0.4) is 0 Å². The maximum atomic E-state index is 16.7. The van der Waals surface area contributed by atoms with Gasteiger partial charge in [0.05, 0.1) is 55.3 Å². The van der Waals surface area contributed by atoms with E-state index in [-0.39, 0.29) is 40.9 Å². The van der Waals surface area contributed by atoms with Crippen molar-refractivity contribution in [2.45, 2.75) is 81.3 Å². The number of H-pyrrole nitrogens is 2. The lowest BCUT2D eigenvalue weighted by Gasteiger charge is -2.36. The van der Waals surface area contributed by atoms with Crippen LogP contribution in [0.5, 0.6) is 0 Å². The Kier molecular flexibility index (Phi) is 11.3. The number of piperidine rings is 1. The highest BCUT2D eigenvalue weighted by atomic mass is 19.3. The molecule has 2 saturated heterocycles. The van der Waals surface area contributed by atoms with E-state index >= 15 is 8.78 Å². The number of benzene rings is 4. The number of alkyl carbamates (subject to hydrolysis) is 2. The normalized spacial score (nSPS) is 21.4. The van der Waals surface area contributed by atoms with Crippen LogP contribution in [0.25, 0.3) is 44.5 Å². The highest BCUT2D eigenvalue weighted by Gasteiger charge is 2.52. The van der Waals surface area contributed by atoms with E-state index in [1.165, 1.54) is 27.4 Å². The highest BCUT2D eigenvalue weighted by molar-refractivity contribution is 5.90. The largest absolute Gasteiger partial charge is 0.453 e. The molecule has 346 valence electrons. The van der Waals surface area contributed by atoms with Crippen LogP contribution < -0.4 is 10.6 Å². The number of aromatic amines is 2. The molecule has 67 heavy (non-hydrogen) atoms. The molecule has 0 spiro atoms. The number of carbonyl (C=O) groups excluding carboxylic acids is 4. The number of alkyl halides is 2. The zero-order valence-corrected chi connectivity index (χ0v) is 37.3. The smallest absolute Gasteiger partial charge is 0.407 e. The molecule has 1 unspecified atom stereocenters. The molecule has 7 atom stereocenters. The number of hydrogen-bond donors (Lipinski definition) is 4. The van der Waals surface area contributed by atoms with Crippen molar-refractivity contribution < 1.29 is 42.2 Å². The summed E-state index contributed by atoms with van der Waals surface area (Å²) in [4.78, 5) is 72.6. The Morgan fingerprint density at radius 3 is 2.21 bits per heavy atom. The van der Waals surface area contributed by atoms with E-state index in [0.29, 0.717) is 75.6 Å². The SMILES string of the molecule is COC(=O)NC(C(=O)N1[C@@H]2CC[C@H](C2)[C@H]1c1nc2ccc(-c3ccc4c(c3)C(F)(F)c3cc(-c5cnc([C@@H]6CCCN6C(=O)[C@@H](NC(=O)OC)[C@@H](C)OC)[nH]5)ccc3-4)cc2[nH]1)c1ccccc1. The maximum Gasteiger partial charge on any atom is 0.407 e. The minimum absolute atomic E-state index is 0.00906. The second kappa shape index (κ2) is 17.3. The summed E-state index contributed by atoms with van der Waals surface area (Å²) in [6, 6.07) is 22.1. The second-order valence-corrected chi connectivity index (χ2v) is 17.8. The number of carbonyl (C=O) groups is 4. The molecule has 2 aliphatic carbocycles. The van der Waals surface area contributed by atoms with E-state index in [0.717, 1.165) is 24.8 Å². The molecule has 15 nitrogen and oxygen atoms in total. The first kappa shape index (κ1) is 43.7. The molecule has 2 aliphatic heterocycles. The van der Waals surface area contributed by atoms with Gasteiger partial charge in [0, 0.05) is 36.4 Å². The lowest BCUT2D eigenvalue weighted by molar-refractivity contribution is -0.138. The summed E-state index contributed by atoms with van der Waals surface area (Å²) in [5.74, 6) is -2.56. The van der Waals surface area contributed by atoms with Crippen LogP contribution in [0.2, 0.25) is 0 Å². The standard InChI is InChI=1S/C50H50F2N8O7/c1-26(65-2)41(57-48(63)66-3)46(61)59-20-8-11-40(59)44-53-25-39(56-44)30-14-18-34-33-17-13-28(22-35(33)50(51,52)36(34)23-30)29-15-19-37-38(24-29)55-45(54-37)43-31-12-16-32(21-31)60(43)47(62)42(58-49(64)67-4)27-9-6-5-7-10-27/h5-7,9-10,13-15,17-19,22-26,31-32,40-43H,8,11-12,16,20-21H2,1-4H3,(H,53,56)(H,54,55)(H,57,63)(H,58,64)/t26-,31-,32-,40+,41+,42?,43+/m1/s1. The van der Waals surface area contributed by atoms with Gasteiger partial charge >= 0.3 is 12.2 Å². The van der Waals surface area contributed by atoms with Gasteiger partial charge in [0.1, 0.15) is 23.7 Å². The Morgan fingerprint density at radius 2 is 1.48 bits per heavy atom. The Labute approximate surface area is 384 Å². The Morgan fingerprint density at radius 1 is 0.791 bits per heavy atom. The molecule has 10 rings (SSSR count). The monoisotopic (exact) mass is 912 g/mol. The zero-order valence-electron chi connectivity index (χ0n) is 37.3. The maximum absolute atomic E-state index is 16.7. The summed E-state index contributed by atoms with van der Waals surface area (Å²) in [6.07, 6.45) is 3.44. The van der Waals surface area contributed by atoms with Gasteiger partial charge in [0.15, 0.2) is 0 Å². The fourth-order valence-corrected chi connectivity index (χ4v) is 10.7. The number of ether oxygens (including phenoxy) is 3. The van der Waals surface area contributed by atoms with Crippen molar-refractivity contribution >= 4 is 35.0 Å². The Hall–Kier alpha value is -7.14. The molecule has 1 saturated carbocycles. The molecule has 17 heteroatoms. The van der Waals surface area contributed by atoms with Gasteiger partial charge in [-0.15, -0.1) is 0 Å². The quantitative estimate of drug-likeness (QED) is 0.0993. The molecule has 4 heterocycles. The number of fused-ring (bicyclic) bond motifs is 6. The predicted molar refractivity (Wildman–Crippen MR) is 242 cm³/mol. The molecule has 4 aliphatic rings. The molecule has 2 bridgehead atoms. The summed E-state index contributed by atoms with van der Waals surface area (Å²) in [5.41, 5.74) is 5.08. The van der Waals surface area contributed by atoms with E-state index in [4.69, 9.17) is 19.2 Å². The zero-order chi connectivity index (χ0) is 46.7. The molecule has 0 radical (unpaired) electrons. The van der Waals surface area contributed by atoms with Crippen molar-refractivity contribution in [2.24, 2.45) is 5.92 Å². The van der Waals surface area contributed by atoms with Gasteiger partial charge in [0.25, 0.3) is 11.8 Å². The van der Waals surface area contributed by atoms with Gasteiger partial charge < -0.3 is 44.6 Å². The average molecular weight is 913 g/mol. The summed E-state index contributed by atoms with van der Waals surface area (Å²) in [6.45, 7) is 2.12. The number of imidazole rings is 2. The van der Waals surface area contributed by atoms with Gasteiger partial charge in [-0.25, -0.2) is 19.6 Å². The van der Waals surface area contributed by atoms with Crippen molar-refractivity contribution in [3.05, 3.63) is 119 Å². The van der Waals surface area contributed by atoms with Crippen LogP contribution in [0, 0.1) is 5.92 Å². The molecule has 6 aromatic rings. The first-order chi connectivity index (χ1) is 32.4. The van der Waals surface area contributed by atoms with Gasteiger partial charge in [-0.3, -0.25) is 9.59 Å². The number of aromatic nitrogens is 4. The number of amides is 4. The van der Waals surface area contributed by atoms with E-state index in [1.807, 2.05) is 47.4 Å². The van der Waals surface area contributed by atoms with Gasteiger partial charge in [-0.2, -0.15) is 8.78 Å². The number of hydrogen-bond acceptors (Lipinski definition) is 9. The van der Waals surface area contributed by atoms with E-state index in [1.54, 1.807) is 54.4 Å². The van der Waals surface area contributed by atoms with Crippen molar-refractivity contribution in [1.82, 2.24) is 40.4 Å². The topological polar surface area (TPSA) is 184 Å². The number of likely N-dealkylation sites (tertiary alicyclic amines) is 2. The number of nitrogens with zero attached hydrogens (tertiary/aromatic N) is 4. The first-order valence-corrected chi connectivity index (χ1v) is 22.5. The van der Waals surface area contributed by atoms with Gasteiger partial charge in [-0.05, 0) is 97.0 Å². The van der Waals surface area contributed by atoms with E-state index in [9.17, 15) is 19.2 Å². The van der Waals surface area contributed by atoms with Crippen LogP contribution in [0.15, 0.2) is 91.1 Å². The summed E-state index contributed by atoms with van der Waals surface area (Å²) in [5, 5.41) is 5.33. The van der Waals surface area contributed by atoms with Crippen LogP contribution >= 0.6 is 0 Å². The van der Waals surface area contributed by atoms with Crippen LogP contribution in [-0.2, 0) is 29.7 Å². The summed E-state index contributed by atoms with van der Waals surface area (Å²) in [7, 11) is 3.94. The second-order valence-electron chi connectivity index (χ2n) is 17.8. The van der Waals surface area contributed by atoms with Crippen molar-refractivity contribution in [3.8, 4) is 33.5 Å². The summed E-state index contributed by atoms with van der Waals surface area (Å²) < 4.78 is 48.3. The summed E-state index contributed by atoms with van der Waals surface area (Å²) >= 11 is 0. The third kappa shape index (κ3) is 7.64. The van der Waals surface area contributed by atoms with Crippen molar-refractivity contribution in [1.29, 1.82) is 0 Å². The highest BCUT2D eigenvalue weighted by Crippen LogP contribution is 2.53. The van der Waals surface area contributed by atoms with Crippen LogP contribution in [0.1, 0.15) is 85.5 Å². The molecule has 4 N–H and O–H groups in total. The Bertz CT molecular complexity index is 2900. The molecular weight excluding hydrogens is 863 g/mol. The fourth-order valence-electron chi connectivity index (χ4n) is 10.7. The number of halogens is 2. The average Bonchev–Trinajstić information content (AvgIpc) is 4.23. The third-order valence-corrected chi connectivity index (χ3v) is 14.1. The van der Waals surface area contributed by atoms with Gasteiger partial charge in [0.2, 0.25) is 5.91 Å². The number of methoxy groups -OCH3 is 3. The Balaban J connectivity index is 0.890. The molecule has 3 fully saturated rings. The molecule has 4 amide bonds. The van der Waals surface area contributed by atoms with Crippen LogP contribution in [0.4, 0.5) is 18.4 Å². The molecular formula is C50H50F2N8O7. The van der Waals surface area contributed by atoms with Crippen molar-refractivity contribution in [3.63, 3.8) is 0 Å². The lowest BCUT2D eigenvalue weighted by atomic mass is 9.96. The van der Waals surface area contributed by atoms with Gasteiger partial charge in [-0.1, -0.05) is 60.7 Å². The third-order valence-electron chi connectivity index (χ3n) is 14.1. The minimum Gasteiger partial charge on any atom is -0.453 e.